The summed E-state index contributed by atoms with van der Waals surface area (Å²) in [4.78, 5) is 23.6. The van der Waals surface area contributed by atoms with Crippen molar-refractivity contribution in [3.8, 4) is 17.2 Å². The van der Waals surface area contributed by atoms with Crippen molar-refractivity contribution in [3.63, 3.8) is 0 Å². The van der Waals surface area contributed by atoms with Gasteiger partial charge in [-0.15, -0.1) is 0 Å². The van der Waals surface area contributed by atoms with Crippen molar-refractivity contribution >= 4 is 11.9 Å². The van der Waals surface area contributed by atoms with E-state index in [4.69, 9.17) is 14.2 Å². The maximum atomic E-state index is 11.9. The molecule has 2 aromatic rings. The Labute approximate surface area is 151 Å². The summed E-state index contributed by atoms with van der Waals surface area (Å²) in [6, 6.07) is 11.7. The quantitative estimate of drug-likeness (QED) is 0.553. The van der Waals surface area contributed by atoms with Gasteiger partial charge in [0.2, 0.25) is 0 Å². The van der Waals surface area contributed by atoms with Gasteiger partial charge in [0.1, 0.15) is 17.9 Å². The molecule has 7 nitrogen and oxygen atoms in total. The molecular formula is C19H21NO6. The van der Waals surface area contributed by atoms with Gasteiger partial charge in [-0.3, -0.25) is 4.79 Å². The van der Waals surface area contributed by atoms with Gasteiger partial charge in [-0.2, -0.15) is 0 Å². The smallest absolute Gasteiger partial charge is 0.342 e. The van der Waals surface area contributed by atoms with Crippen LogP contribution in [0.15, 0.2) is 42.5 Å². The van der Waals surface area contributed by atoms with Gasteiger partial charge in [-0.25, -0.2) is 4.79 Å². The summed E-state index contributed by atoms with van der Waals surface area (Å²) in [7, 11) is 1.55. The monoisotopic (exact) mass is 359 g/mol. The zero-order valence-corrected chi connectivity index (χ0v) is 14.7. The van der Waals surface area contributed by atoms with Crippen LogP contribution in [0.5, 0.6) is 17.2 Å². The minimum atomic E-state index is -0.758. The summed E-state index contributed by atoms with van der Waals surface area (Å²) in [5.74, 6) is -0.233. The van der Waals surface area contributed by atoms with Gasteiger partial charge in [0.05, 0.1) is 13.7 Å². The number of carbonyl (C=O) groups is 2. The third-order valence-corrected chi connectivity index (χ3v) is 3.46. The number of carbonyl (C=O) groups excluding carboxylic acids is 2. The number of phenolic OH excluding ortho intramolecular Hbond substituents is 1. The lowest BCUT2D eigenvalue weighted by molar-refractivity contribution is -0.124. The van der Waals surface area contributed by atoms with Gasteiger partial charge >= 0.3 is 5.97 Å². The number of phenols is 1. The van der Waals surface area contributed by atoms with Crippen LogP contribution in [-0.2, 0) is 9.53 Å². The van der Waals surface area contributed by atoms with E-state index in [1.807, 2.05) is 12.1 Å². The lowest BCUT2D eigenvalue weighted by atomic mass is 10.1. The van der Waals surface area contributed by atoms with Crippen LogP contribution in [0, 0.1) is 6.92 Å². The van der Waals surface area contributed by atoms with E-state index < -0.39 is 18.5 Å². The van der Waals surface area contributed by atoms with E-state index in [1.165, 1.54) is 12.1 Å². The van der Waals surface area contributed by atoms with Gasteiger partial charge in [-0.1, -0.05) is 23.8 Å². The van der Waals surface area contributed by atoms with Crippen molar-refractivity contribution in [2.75, 3.05) is 26.9 Å². The predicted molar refractivity (Wildman–Crippen MR) is 94.6 cm³/mol. The van der Waals surface area contributed by atoms with Crippen LogP contribution in [0.3, 0.4) is 0 Å². The second-order valence-electron chi connectivity index (χ2n) is 5.45. The number of amides is 1. The maximum Gasteiger partial charge on any atom is 0.342 e. The Morgan fingerprint density at radius 2 is 1.85 bits per heavy atom. The van der Waals surface area contributed by atoms with Crippen LogP contribution >= 0.6 is 0 Å². The number of benzene rings is 2. The minimum absolute atomic E-state index is 0.0253. The summed E-state index contributed by atoms with van der Waals surface area (Å²) in [5.41, 5.74) is 0.824. The second kappa shape index (κ2) is 9.31. The molecule has 1 amide bonds. The fraction of sp³-hybridized carbons (Fsp3) is 0.263. The SMILES string of the molecule is COc1ccccc1OCCNC(=O)COC(=O)c1cc(C)ccc1O. The highest BCUT2D eigenvalue weighted by Crippen LogP contribution is 2.25. The average molecular weight is 359 g/mol. The van der Waals surface area contributed by atoms with Crippen LogP contribution in [-0.4, -0.2) is 43.9 Å². The topological polar surface area (TPSA) is 94.1 Å². The summed E-state index contributed by atoms with van der Waals surface area (Å²) in [5, 5.41) is 12.2. The average Bonchev–Trinajstić information content (AvgIpc) is 2.65. The molecule has 0 aromatic heterocycles. The molecule has 2 rings (SSSR count). The Kier molecular flexibility index (Phi) is 6.84. The fourth-order valence-electron chi connectivity index (χ4n) is 2.16. The fourth-order valence-corrected chi connectivity index (χ4v) is 2.16. The van der Waals surface area contributed by atoms with Crippen molar-refractivity contribution in [2.24, 2.45) is 0 Å². The number of methoxy groups -OCH3 is 1. The molecule has 2 N–H and O–H groups in total. The Balaban J connectivity index is 1.72. The van der Waals surface area contributed by atoms with Crippen molar-refractivity contribution in [3.05, 3.63) is 53.6 Å². The molecule has 0 radical (unpaired) electrons. The van der Waals surface area contributed by atoms with Crippen LogP contribution in [0.25, 0.3) is 0 Å². The van der Waals surface area contributed by atoms with E-state index in [2.05, 4.69) is 5.32 Å². The van der Waals surface area contributed by atoms with E-state index >= 15 is 0 Å². The van der Waals surface area contributed by atoms with Gasteiger partial charge in [0.25, 0.3) is 5.91 Å². The molecule has 0 bridgehead atoms. The van der Waals surface area contributed by atoms with E-state index in [1.54, 1.807) is 32.2 Å². The van der Waals surface area contributed by atoms with E-state index in [0.29, 0.717) is 11.5 Å². The van der Waals surface area contributed by atoms with Crippen molar-refractivity contribution in [1.29, 1.82) is 0 Å². The summed E-state index contributed by atoms with van der Waals surface area (Å²) < 4.78 is 15.6. The molecule has 0 unspecified atom stereocenters. The zero-order chi connectivity index (χ0) is 18.9. The van der Waals surface area contributed by atoms with Crippen molar-refractivity contribution in [1.82, 2.24) is 5.32 Å². The number of hydrogen-bond donors (Lipinski definition) is 2. The highest BCUT2D eigenvalue weighted by molar-refractivity contribution is 5.94. The first-order valence-corrected chi connectivity index (χ1v) is 8.00. The molecule has 0 atom stereocenters. The van der Waals surface area contributed by atoms with Crippen LogP contribution < -0.4 is 14.8 Å². The van der Waals surface area contributed by atoms with Crippen LogP contribution in [0.1, 0.15) is 15.9 Å². The molecule has 0 saturated carbocycles. The third-order valence-electron chi connectivity index (χ3n) is 3.46. The highest BCUT2D eigenvalue weighted by atomic mass is 16.5. The molecule has 138 valence electrons. The molecule has 26 heavy (non-hydrogen) atoms. The number of esters is 1. The highest BCUT2D eigenvalue weighted by Gasteiger charge is 2.14. The molecular weight excluding hydrogens is 338 g/mol. The molecule has 0 saturated heterocycles. The number of ether oxygens (including phenoxy) is 3. The number of hydrogen-bond acceptors (Lipinski definition) is 6. The van der Waals surface area contributed by atoms with Gasteiger partial charge in [0, 0.05) is 0 Å². The molecule has 0 aliphatic heterocycles. The zero-order valence-electron chi connectivity index (χ0n) is 14.7. The van der Waals surface area contributed by atoms with E-state index in [9.17, 15) is 14.7 Å². The lowest BCUT2D eigenvalue weighted by Gasteiger charge is -2.11. The van der Waals surface area contributed by atoms with Crippen LogP contribution in [0.2, 0.25) is 0 Å². The number of aryl methyl sites for hydroxylation is 1. The standard InChI is InChI=1S/C19H21NO6/c1-13-7-8-15(21)14(11-13)19(23)26-12-18(22)20-9-10-25-17-6-4-3-5-16(17)24-2/h3-8,11,21H,9-10,12H2,1-2H3,(H,20,22). The number of para-hydroxylation sites is 2. The van der Waals surface area contributed by atoms with E-state index in [-0.39, 0.29) is 24.5 Å². The van der Waals surface area contributed by atoms with E-state index in [0.717, 1.165) is 5.56 Å². The molecule has 2 aromatic carbocycles. The summed E-state index contributed by atoms with van der Waals surface area (Å²) in [6.07, 6.45) is 0. The Morgan fingerprint density at radius 3 is 2.58 bits per heavy atom. The molecule has 0 spiro atoms. The first-order chi connectivity index (χ1) is 12.5. The molecule has 0 aliphatic carbocycles. The first-order valence-electron chi connectivity index (χ1n) is 8.00. The predicted octanol–water partition coefficient (Wildman–Crippen LogP) is 2.06. The van der Waals surface area contributed by atoms with Crippen molar-refractivity contribution < 1.29 is 28.9 Å². The number of nitrogens with one attached hydrogen (secondary N) is 1. The van der Waals surface area contributed by atoms with Crippen molar-refractivity contribution in [2.45, 2.75) is 6.92 Å². The Bertz CT molecular complexity index is 774. The Morgan fingerprint density at radius 1 is 1.12 bits per heavy atom. The Hall–Kier alpha value is -3.22. The third kappa shape index (κ3) is 5.41. The van der Waals surface area contributed by atoms with Gasteiger partial charge in [0.15, 0.2) is 18.1 Å². The molecule has 0 heterocycles. The molecule has 0 fully saturated rings. The summed E-state index contributed by atoms with van der Waals surface area (Å²) in [6.45, 7) is 1.81. The van der Waals surface area contributed by atoms with Gasteiger partial charge < -0.3 is 24.6 Å². The van der Waals surface area contributed by atoms with Crippen LogP contribution in [0.4, 0.5) is 0 Å². The summed E-state index contributed by atoms with van der Waals surface area (Å²) >= 11 is 0. The van der Waals surface area contributed by atoms with Gasteiger partial charge in [-0.05, 0) is 31.2 Å². The molecule has 7 heteroatoms. The normalized spacial score (nSPS) is 10.1. The molecule has 0 aliphatic rings. The minimum Gasteiger partial charge on any atom is -0.507 e. The number of aromatic hydroxyl groups is 1. The maximum absolute atomic E-state index is 11.9. The largest absolute Gasteiger partial charge is 0.507 e. The lowest BCUT2D eigenvalue weighted by Crippen LogP contribution is -2.32. The first kappa shape index (κ1) is 19.1. The second-order valence-corrected chi connectivity index (χ2v) is 5.45. The number of rotatable bonds is 8.